The smallest absolute Gasteiger partial charge is 0.179 e. The zero-order chi connectivity index (χ0) is 30.3. The summed E-state index contributed by atoms with van der Waals surface area (Å²) in [5.74, 6) is 0.269. The Morgan fingerprint density at radius 3 is 2.15 bits per heavy atom. The molecule has 0 fully saturated rings. The van der Waals surface area contributed by atoms with Crippen LogP contribution >= 0.6 is 0 Å². The summed E-state index contributed by atoms with van der Waals surface area (Å²) in [6.07, 6.45) is 4.23. The standard InChI is InChI=1S/C34H55N2O4S/c1-8-13-20-34(21-14-9-2)26-41(38,39)31-19-18-28(35(6)7)25-30(31)32(33(34)37)27-16-15-17-29(24-27)40-23-22-36(10-3,11-4)12-5/h15-19,24-25,32-33,37H,8-14,20-23,26H2,1-7H3/q+1/t32-,33-/m1/s1. The molecule has 2 aromatic carbocycles. The Morgan fingerprint density at radius 1 is 0.951 bits per heavy atom. The Bertz CT molecular complexity index is 1210. The van der Waals surface area contributed by atoms with Gasteiger partial charge in [-0.2, -0.15) is 0 Å². The molecule has 2 atom stereocenters. The molecule has 0 amide bonds. The number of sulfone groups is 1. The van der Waals surface area contributed by atoms with Gasteiger partial charge in [0.05, 0.1) is 36.4 Å². The zero-order valence-electron chi connectivity index (χ0n) is 26.7. The first-order chi connectivity index (χ1) is 19.5. The highest BCUT2D eigenvalue weighted by Crippen LogP contribution is 2.50. The first-order valence-corrected chi connectivity index (χ1v) is 17.5. The number of ether oxygens (including phenoxy) is 1. The van der Waals surface area contributed by atoms with E-state index in [1.807, 2.05) is 55.4 Å². The molecule has 1 aliphatic rings. The molecule has 0 unspecified atom stereocenters. The van der Waals surface area contributed by atoms with Gasteiger partial charge in [0.15, 0.2) is 9.84 Å². The van der Waals surface area contributed by atoms with E-state index in [2.05, 4.69) is 34.6 Å². The lowest BCUT2D eigenvalue weighted by Crippen LogP contribution is -2.49. The highest BCUT2D eigenvalue weighted by Gasteiger charge is 2.49. The van der Waals surface area contributed by atoms with E-state index in [-0.39, 0.29) is 5.75 Å². The number of aliphatic hydroxyl groups is 1. The third-order valence-corrected chi connectivity index (χ3v) is 11.7. The highest BCUT2D eigenvalue weighted by atomic mass is 32.2. The molecule has 0 aliphatic carbocycles. The molecule has 230 valence electrons. The van der Waals surface area contributed by atoms with Crippen molar-refractivity contribution in [3.8, 4) is 5.75 Å². The summed E-state index contributed by atoms with van der Waals surface area (Å²) in [6, 6.07) is 13.6. The van der Waals surface area contributed by atoms with Gasteiger partial charge in [0.25, 0.3) is 0 Å². The lowest BCUT2D eigenvalue weighted by molar-refractivity contribution is -0.923. The zero-order valence-corrected chi connectivity index (χ0v) is 27.5. The Hall–Kier alpha value is -2.09. The van der Waals surface area contributed by atoms with Crippen molar-refractivity contribution >= 4 is 15.5 Å². The monoisotopic (exact) mass is 587 g/mol. The maximum absolute atomic E-state index is 14.1. The number of hydrogen-bond donors (Lipinski definition) is 1. The number of benzene rings is 2. The van der Waals surface area contributed by atoms with Gasteiger partial charge in [-0.1, -0.05) is 51.7 Å². The Morgan fingerprint density at radius 2 is 1.59 bits per heavy atom. The largest absolute Gasteiger partial charge is 0.488 e. The van der Waals surface area contributed by atoms with E-state index >= 15 is 0 Å². The Kier molecular flexibility index (Phi) is 11.7. The molecule has 0 saturated heterocycles. The molecule has 0 aromatic heterocycles. The van der Waals surface area contributed by atoms with E-state index in [0.29, 0.717) is 29.9 Å². The van der Waals surface area contributed by atoms with E-state index in [1.165, 1.54) is 0 Å². The van der Waals surface area contributed by atoms with Crippen LogP contribution in [0.25, 0.3) is 0 Å². The molecule has 0 saturated carbocycles. The van der Waals surface area contributed by atoms with Gasteiger partial charge in [0.2, 0.25) is 0 Å². The van der Waals surface area contributed by atoms with Gasteiger partial charge in [-0.3, -0.25) is 0 Å². The van der Waals surface area contributed by atoms with Crippen molar-refractivity contribution in [2.45, 2.75) is 90.1 Å². The molecule has 3 rings (SSSR count). The van der Waals surface area contributed by atoms with Crippen LogP contribution in [0.5, 0.6) is 5.75 Å². The van der Waals surface area contributed by atoms with Gasteiger partial charge >= 0.3 is 0 Å². The first kappa shape index (κ1) is 33.4. The van der Waals surface area contributed by atoms with Crippen molar-refractivity contribution in [2.75, 3.05) is 57.5 Å². The van der Waals surface area contributed by atoms with Crippen molar-refractivity contribution in [1.82, 2.24) is 0 Å². The second kappa shape index (κ2) is 14.4. The van der Waals surface area contributed by atoms with Gasteiger partial charge < -0.3 is 19.2 Å². The second-order valence-corrected chi connectivity index (χ2v) is 14.3. The molecule has 0 spiro atoms. The van der Waals surface area contributed by atoms with Crippen molar-refractivity contribution in [3.05, 3.63) is 53.6 Å². The summed E-state index contributed by atoms with van der Waals surface area (Å²) in [5.41, 5.74) is 1.80. The quantitative estimate of drug-likeness (QED) is 0.236. The normalized spacial score (nSPS) is 19.8. The van der Waals surface area contributed by atoms with Crippen LogP contribution in [0, 0.1) is 5.41 Å². The lowest BCUT2D eigenvalue weighted by atomic mass is 9.68. The minimum Gasteiger partial charge on any atom is -0.488 e. The number of likely N-dealkylation sites (N-methyl/N-ethyl adjacent to an activating group) is 1. The summed E-state index contributed by atoms with van der Waals surface area (Å²) in [4.78, 5) is 2.34. The van der Waals surface area contributed by atoms with Crippen LogP contribution in [-0.2, 0) is 9.84 Å². The Labute approximate surface area is 250 Å². The number of unbranched alkanes of at least 4 members (excludes halogenated alkanes) is 2. The SMILES string of the molecule is CCCCC1(CCCC)CS(=O)(=O)c2ccc(N(C)C)cc2[C@@H](c2cccc(OCC[N+](CC)(CC)CC)c2)[C@H]1O. The van der Waals surface area contributed by atoms with Crippen LogP contribution in [0.1, 0.15) is 90.2 Å². The fraction of sp³-hybridized carbons (Fsp3) is 0.647. The average Bonchev–Trinajstić information content (AvgIpc) is 3.03. The maximum atomic E-state index is 14.1. The van der Waals surface area contributed by atoms with Crippen LogP contribution in [0.15, 0.2) is 47.4 Å². The number of rotatable bonds is 15. The van der Waals surface area contributed by atoms with Crippen molar-refractivity contribution in [3.63, 3.8) is 0 Å². The molecule has 2 aromatic rings. The third kappa shape index (κ3) is 7.47. The summed E-state index contributed by atoms with van der Waals surface area (Å²) >= 11 is 0. The minimum atomic E-state index is -3.62. The molecule has 1 heterocycles. The van der Waals surface area contributed by atoms with Crippen LogP contribution in [-0.4, -0.2) is 76.7 Å². The fourth-order valence-electron chi connectivity index (χ4n) is 6.69. The lowest BCUT2D eigenvalue weighted by Gasteiger charge is -2.40. The Balaban J connectivity index is 2.14. The van der Waals surface area contributed by atoms with E-state index in [4.69, 9.17) is 4.74 Å². The third-order valence-electron chi connectivity index (χ3n) is 9.72. The average molecular weight is 588 g/mol. The summed E-state index contributed by atoms with van der Waals surface area (Å²) in [6.45, 7) is 15.7. The molecule has 6 nitrogen and oxygen atoms in total. The number of nitrogens with zero attached hydrogens (tertiary/aromatic N) is 2. The van der Waals surface area contributed by atoms with Crippen molar-refractivity contribution in [2.24, 2.45) is 5.41 Å². The number of aliphatic hydroxyl groups excluding tert-OH is 1. The molecule has 1 N–H and O–H groups in total. The van der Waals surface area contributed by atoms with Gasteiger partial charge in [-0.15, -0.1) is 0 Å². The molecule has 0 radical (unpaired) electrons. The topological polar surface area (TPSA) is 66.8 Å². The van der Waals surface area contributed by atoms with Crippen molar-refractivity contribution < 1.29 is 22.7 Å². The van der Waals surface area contributed by atoms with Gasteiger partial charge in [0, 0.05) is 31.1 Å². The molecule has 7 heteroatoms. The second-order valence-electron chi connectivity index (χ2n) is 12.3. The van der Waals surface area contributed by atoms with Crippen molar-refractivity contribution in [1.29, 1.82) is 0 Å². The highest BCUT2D eigenvalue weighted by molar-refractivity contribution is 7.91. The maximum Gasteiger partial charge on any atom is 0.179 e. The van der Waals surface area contributed by atoms with Crippen LogP contribution in [0.2, 0.25) is 0 Å². The minimum absolute atomic E-state index is 0.0206. The van der Waals surface area contributed by atoms with Crippen LogP contribution in [0.4, 0.5) is 5.69 Å². The summed E-state index contributed by atoms with van der Waals surface area (Å²) in [7, 11) is 0.294. The van der Waals surface area contributed by atoms with E-state index in [1.54, 1.807) is 6.07 Å². The van der Waals surface area contributed by atoms with Gasteiger partial charge in [0.1, 0.15) is 18.9 Å². The van der Waals surface area contributed by atoms with Crippen LogP contribution in [0.3, 0.4) is 0 Å². The molecular formula is C34H55N2O4S+. The predicted molar refractivity (Wildman–Crippen MR) is 171 cm³/mol. The number of quaternary nitrogens is 1. The van der Waals surface area contributed by atoms with E-state index < -0.39 is 27.3 Å². The van der Waals surface area contributed by atoms with E-state index in [9.17, 15) is 13.5 Å². The number of hydrogen-bond acceptors (Lipinski definition) is 5. The molecular weight excluding hydrogens is 532 g/mol. The summed E-state index contributed by atoms with van der Waals surface area (Å²) in [5, 5.41) is 12.4. The fourth-order valence-corrected chi connectivity index (χ4v) is 8.88. The number of fused-ring (bicyclic) bond motifs is 1. The predicted octanol–water partition coefficient (Wildman–Crippen LogP) is 6.65. The van der Waals surface area contributed by atoms with E-state index in [0.717, 1.165) is 73.3 Å². The first-order valence-electron chi connectivity index (χ1n) is 15.8. The van der Waals surface area contributed by atoms with Gasteiger partial charge in [-0.25, -0.2) is 8.42 Å². The molecule has 1 aliphatic heterocycles. The van der Waals surface area contributed by atoms with Gasteiger partial charge in [-0.05, 0) is 75.1 Å². The summed E-state index contributed by atoms with van der Waals surface area (Å²) < 4.78 is 35.5. The number of anilines is 1. The molecule has 41 heavy (non-hydrogen) atoms. The molecule has 0 bridgehead atoms. The van der Waals surface area contributed by atoms with Crippen LogP contribution < -0.4 is 9.64 Å².